The molecular weight excluding hydrogens is 338 g/mol. The van der Waals surface area contributed by atoms with Crippen LogP contribution in [0.25, 0.3) is 0 Å². The van der Waals surface area contributed by atoms with Crippen LogP contribution in [-0.2, 0) is 4.79 Å². The number of benzene rings is 1. The molecule has 27 heavy (non-hydrogen) atoms. The Hall–Kier alpha value is -1.75. The van der Waals surface area contributed by atoms with Gasteiger partial charge in [-0.2, -0.15) is 0 Å². The molecule has 2 fully saturated rings. The molecule has 1 aliphatic carbocycles. The van der Waals surface area contributed by atoms with Crippen molar-refractivity contribution < 1.29 is 9.53 Å². The molecule has 3 atom stereocenters. The van der Waals surface area contributed by atoms with Crippen molar-refractivity contribution >= 4 is 11.6 Å². The molecule has 150 valence electrons. The van der Waals surface area contributed by atoms with Gasteiger partial charge in [0.1, 0.15) is 5.75 Å². The fourth-order valence-electron chi connectivity index (χ4n) is 4.38. The van der Waals surface area contributed by atoms with Crippen molar-refractivity contribution in [1.29, 1.82) is 0 Å². The van der Waals surface area contributed by atoms with E-state index >= 15 is 0 Å². The summed E-state index contributed by atoms with van der Waals surface area (Å²) >= 11 is 0. The lowest BCUT2D eigenvalue weighted by atomic mass is 9.78. The van der Waals surface area contributed by atoms with Crippen LogP contribution >= 0.6 is 0 Å². The van der Waals surface area contributed by atoms with Crippen LogP contribution < -0.4 is 15.0 Å². The normalized spacial score (nSPS) is 26.6. The van der Waals surface area contributed by atoms with E-state index in [1.807, 2.05) is 19.1 Å². The standard InChI is InChI=1S/C22H35N3O2/c1-4-27-21-11-6-5-10-20(21)25-14-12-24(13-15-25)16-22(26)23-19-9-7-8-17(2)18(19)3/h5-6,10-11,17-19H,4,7-9,12-16H2,1-3H3,(H,23,26)/t17-,18-,19-/m0/s1. The van der Waals surface area contributed by atoms with Gasteiger partial charge in [0.2, 0.25) is 5.91 Å². The second-order valence-electron chi connectivity index (χ2n) is 8.11. The highest BCUT2D eigenvalue weighted by atomic mass is 16.5. The summed E-state index contributed by atoms with van der Waals surface area (Å²) in [5.74, 6) is 2.42. The first-order chi connectivity index (χ1) is 13.1. The van der Waals surface area contributed by atoms with Crippen molar-refractivity contribution in [3.63, 3.8) is 0 Å². The lowest BCUT2D eigenvalue weighted by molar-refractivity contribution is -0.123. The zero-order valence-electron chi connectivity index (χ0n) is 17.1. The lowest BCUT2D eigenvalue weighted by Crippen LogP contribution is -2.52. The van der Waals surface area contributed by atoms with Crippen LogP contribution in [0.15, 0.2) is 24.3 Å². The summed E-state index contributed by atoms with van der Waals surface area (Å²) < 4.78 is 5.77. The van der Waals surface area contributed by atoms with E-state index < -0.39 is 0 Å². The fourth-order valence-corrected chi connectivity index (χ4v) is 4.38. The maximum atomic E-state index is 12.5. The first-order valence-electron chi connectivity index (χ1n) is 10.6. The number of carbonyl (C=O) groups excluding carboxylic acids is 1. The van der Waals surface area contributed by atoms with Gasteiger partial charge < -0.3 is 15.0 Å². The van der Waals surface area contributed by atoms with Gasteiger partial charge >= 0.3 is 0 Å². The molecule has 3 rings (SSSR count). The van der Waals surface area contributed by atoms with E-state index in [9.17, 15) is 4.79 Å². The van der Waals surface area contributed by atoms with Crippen molar-refractivity contribution in [1.82, 2.24) is 10.2 Å². The van der Waals surface area contributed by atoms with E-state index in [0.29, 0.717) is 31.0 Å². The zero-order chi connectivity index (χ0) is 19.2. The Bertz CT molecular complexity index is 613. The van der Waals surface area contributed by atoms with Gasteiger partial charge in [-0.25, -0.2) is 0 Å². The highest BCUT2D eigenvalue weighted by molar-refractivity contribution is 5.78. The van der Waals surface area contributed by atoms with E-state index in [2.05, 4.69) is 41.1 Å². The summed E-state index contributed by atoms with van der Waals surface area (Å²) in [5, 5.41) is 3.30. The largest absolute Gasteiger partial charge is 0.492 e. The minimum absolute atomic E-state index is 0.184. The number of piperazine rings is 1. The average Bonchev–Trinajstić information content (AvgIpc) is 2.67. The van der Waals surface area contributed by atoms with Gasteiger partial charge in [0.05, 0.1) is 18.8 Å². The second kappa shape index (κ2) is 9.45. The number of hydrogen-bond acceptors (Lipinski definition) is 4. The Labute approximate surface area is 164 Å². The number of hydrogen-bond donors (Lipinski definition) is 1. The first-order valence-corrected chi connectivity index (χ1v) is 10.6. The van der Waals surface area contributed by atoms with Crippen LogP contribution in [0, 0.1) is 11.8 Å². The second-order valence-corrected chi connectivity index (χ2v) is 8.11. The molecule has 1 aliphatic heterocycles. The number of amides is 1. The quantitative estimate of drug-likeness (QED) is 0.832. The Morgan fingerprint density at radius 1 is 1.15 bits per heavy atom. The molecule has 1 aromatic carbocycles. The predicted octanol–water partition coefficient (Wildman–Crippen LogP) is 3.15. The SMILES string of the molecule is CCOc1ccccc1N1CCN(CC(=O)N[C@H]2CCC[C@H](C)[C@@H]2C)CC1. The number of rotatable bonds is 6. The predicted molar refractivity (Wildman–Crippen MR) is 110 cm³/mol. The van der Waals surface area contributed by atoms with E-state index in [-0.39, 0.29) is 5.91 Å². The molecule has 2 aliphatic rings. The molecule has 1 saturated carbocycles. The minimum Gasteiger partial charge on any atom is -0.492 e. The van der Waals surface area contributed by atoms with Crippen molar-refractivity contribution in [2.75, 3.05) is 44.2 Å². The molecule has 0 spiro atoms. The Morgan fingerprint density at radius 3 is 2.63 bits per heavy atom. The van der Waals surface area contributed by atoms with Crippen molar-refractivity contribution in [2.24, 2.45) is 11.8 Å². The number of para-hydroxylation sites is 2. The first kappa shape index (κ1) is 20.0. The van der Waals surface area contributed by atoms with Gasteiger partial charge in [-0.3, -0.25) is 9.69 Å². The topological polar surface area (TPSA) is 44.8 Å². The zero-order valence-corrected chi connectivity index (χ0v) is 17.1. The molecule has 0 radical (unpaired) electrons. The Balaban J connectivity index is 1.47. The third kappa shape index (κ3) is 5.16. The monoisotopic (exact) mass is 373 g/mol. The van der Waals surface area contributed by atoms with Gasteiger partial charge in [0.15, 0.2) is 0 Å². The van der Waals surface area contributed by atoms with Crippen LogP contribution in [0.4, 0.5) is 5.69 Å². The lowest BCUT2D eigenvalue weighted by Gasteiger charge is -2.37. The summed E-state index contributed by atoms with van der Waals surface area (Å²) in [5.41, 5.74) is 1.16. The number of carbonyl (C=O) groups is 1. The molecule has 1 saturated heterocycles. The van der Waals surface area contributed by atoms with Crippen LogP contribution in [0.5, 0.6) is 5.75 Å². The number of ether oxygens (including phenoxy) is 1. The van der Waals surface area contributed by atoms with Crippen molar-refractivity contribution in [3.8, 4) is 5.75 Å². The van der Waals surface area contributed by atoms with E-state index in [4.69, 9.17) is 4.74 Å². The van der Waals surface area contributed by atoms with E-state index in [0.717, 1.165) is 44.0 Å². The molecule has 1 N–H and O–H groups in total. The van der Waals surface area contributed by atoms with Crippen molar-refractivity contribution in [3.05, 3.63) is 24.3 Å². The maximum absolute atomic E-state index is 12.5. The molecule has 1 heterocycles. The summed E-state index contributed by atoms with van der Waals surface area (Å²) in [4.78, 5) is 17.2. The van der Waals surface area contributed by atoms with E-state index in [1.54, 1.807) is 0 Å². The van der Waals surface area contributed by atoms with Crippen molar-refractivity contribution in [2.45, 2.75) is 46.1 Å². The summed E-state index contributed by atoms with van der Waals surface area (Å²) in [6.07, 6.45) is 3.65. The maximum Gasteiger partial charge on any atom is 0.234 e. The number of anilines is 1. The third-order valence-electron chi connectivity index (χ3n) is 6.30. The van der Waals surface area contributed by atoms with Crippen LogP contribution in [-0.4, -0.2) is 56.2 Å². The molecule has 0 aromatic heterocycles. The smallest absolute Gasteiger partial charge is 0.234 e. The minimum atomic E-state index is 0.184. The summed E-state index contributed by atoms with van der Waals surface area (Å²) in [6, 6.07) is 8.58. The molecule has 1 amide bonds. The Kier molecular flexibility index (Phi) is 7.00. The average molecular weight is 374 g/mol. The molecule has 0 bridgehead atoms. The van der Waals surface area contributed by atoms with Gasteiger partial charge in [0.25, 0.3) is 0 Å². The number of nitrogens with zero attached hydrogens (tertiary/aromatic N) is 2. The van der Waals surface area contributed by atoms with E-state index in [1.165, 1.54) is 12.8 Å². The van der Waals surface area contributed by atoms with Gasteiger partial charge in [0, 0.05) is 32.2 Å². The molecule has 0 unspecified atom stereocenters. The molecule has 1 aromatic rings. The van der Waals surface area contributed by atoms with Gasteiger partial charge in [-0.1, -0.05) is 38.8 Å². The highest BCUT2D eigenvalue weighted by Gasteiger charge is 2.29. The molecule has 5 nitrogen and oxygen atoms in total. The van der Waals surface area contributed by atoms with Crippen LogP contribution in [0.3, 0.4) is 0 Å². The fraction of sp³-hybridized carbons (Fsp3) is 0.682. The number of nitrogens with one attached hydrogen (secondary N) is 1. The van der Waals surface area contributed by atoms with Crippen LogP contribution in [0.1, 0.15) is 40.0 Å². The van der Waals surface area contributed by atoms with Gasteiger partial charge in [-0.05, 0) is 37.3 Å². The van der Waals surface area contributed by atoms with Gasteiger partial charge in [-0.15, -0.1) is 0 Å². The third-order valence-corrected chi connectivity index (χ3v) is 6.30. The Morgan fingerprint density at radius 2 is 1.89 bits per heavy atom. The molecule has 5 heteroatoms. The van der Waals surface area contributed by atoms with Crippen LogP contribution in [0.2, 0.25) is 0 Å². The highest BCUT2D eigenvalue weighted by Crippen LogP contribution is 2.30. The molecular formula is C22H35N3O2. The summed E-state index contributed by atoms with van der Waals surface area (Å²) in [6.45, 7) is 11.5. The summed E-state index contributed by atoms with van der Waals surface area (Å²) in [7, 11) is 0.